The van der Waals surface area contributed by atoms with E-state index in [1.165, 1.54) is 18.4 Å². The summed E-state index contributed by atoms with van der Waals surface area (Å²) in [6.07, 6.45) is 13.1. The van der Waals surface area contributed by atoms with E-state index in [-0.39, 0.29) is 0 Å². The summed E-state index contributed by atoms with van der Waals surface area (Å²) in [5.74, 6) is 0. The molecular formula is C15H26N2O. The summed E-state index contributed by atoms with van der Waals surface area (Å²) in [5.41, 5.74) is 1.23. The lowest BCUT2D eigenvalue weighted by Gasteiger charge is -2.22. The van der Waals surface area contributed by atoms with Crippen LogP contribution in [0.2, 0.25) is 0 Å². The Bertz CT molecular complexity index is 289. The lowest BCUT2D eigenvalue weighted by Crippen LogP contribution is -2.35. The summed E-state index contributed by atoms with van der Waals surface area (Å²) >= 11 is 0. The lowest BCUT2D eigenvalue weighted by atomic mass is 10.1. The van der Waals surface area contributed by atoms with Gasteiger partial charge in [-0.3, -0.25) is 0 Å². The molecule has 0 aromatic carbocycles. The first-order valence-electron chi connectivity index (χ1n) is 6.83. The van der Waals surface area contributed by atoms with Crippen LogP contribution >= 0.6 is 0 Å². The predicted molar refractivity (Wildman–Crippen MR) is 77.6 cm³/mol. The van der Waals surface area contributed by atoms with Crippen molar-refractivity contribution in [3.63, 3.8) is 0 Å². The van der Waals surface area contributed by atoms with E-state index in [1.807, 2.05) is 19.2 Å². The van der Waals surface area contributed by atoms with Crippen LogP contribution in [0.5, 0.6) is 0 Å². The maximum atomic E-state index is 5.79. The SMILES string of the molecule is C/C=C/CN/C=C\C(C)=C\COC1CCCNC1. The van der Waals surface area contributed by atoms with Crippen molar-refractivity contribution in [3.05, 3.63) is 36.1 Å². The number of allylic oxidation sites excluding steroid dienone is 3. The summed E-state index contributed by atoms with van der Waals surface area (Å²) in [5, 5.41) is 6.55. The Morgan fingerprint density at radius 3 is 3.11 bits per heavy atom. The van der Waals surface area contributed by atoms with Crippen LogP contribution in [0.3, 0.4) is 0 Å². The molecule has 0 radical (unpaired) electrons. The van der Waals surface area contributed by atoms with Crippen LogP contribution in [0.15, 0.2) is 36.1 Å². The third-order valence-electron chi connectivity index (χ3n) is 2.92. The second kappa shape index (κ2) is 9.92. The van der Waals surface area contributed by atoms with Crippen molar-refractivity contribution in [1.29, 1.82) is 0 Å². The predicted octanol–water partition coefficient (Wildman–Crippen LogP) is 2.38. The van der Waals surface area contributed by atoms with Crippen molar-refractivity contribution >= 4 is 0 Å². The molecule has 1 aliphatic heterocycles. The Balaban J connectivity index is 2.12. The van der Waals surface area contributed by atoms with E-state index in [0.717, 1.165) is 19.6 Å². The molecule has 1 unspecified atom stereocenters. The van der Waals surface area contributed by atoms with Gasteiger partial charge in [-0.05, 0) is 45.5 Å². The minimum Gasteiger partial charge on any atom is -0.387 e. The van der Waals surface area contributed by atoms with Crippen molar-refractivity contribution in [2.75, 3.05) is 26.2 Å². The van der Waals surface area contributed by atoms with Gasteiger partial charge >= 0.3 is 0 Å². The number of hydrogen-bond donors (Lipinski definition) is 2. The molecule has 1 aliphatic rings. The van der Waals surface area contributed by atoms with Gasteiger partial charge in [0.15, 0.2) is 0 Å². The van der Waals surface area contributed by atoms with Gasteiger partial charge in [0, 0.05) is 13.1 Å². The molecule has 0 aromatic heterocycles. The first-order valence-corrected chi connectivity index (χ1v) is 6.83. The van der Waals surface area contributed by atoms with Crippen LogP contribution in [0.4, 0.5) is 0 Å². The van der Waals surface area contributed by atoms with E-state index >= 15 is 0 Å². The van der Waals surface area contributed by atoms with Gasteiger partial charge in [0.05, 0.1) is 12.7 Å². The number of piperidine rings is 1. The molecule has 1 heterocycles. The van der Waals surface area contributed by atoms with E-state index < -0.39 is 0 Å². The standard InChI is InChI=1S/C15H26N2O/c1-3-4-9-16-11-7-14(2)8-12-18-15-6-5-10-17-13-15/h3-4,7-8,11,15-17H,5-6,9-10,12-13H2,1-2H3/b4-3+,11-7-,14-8+. The molecule has 0 aliphatic carbocycles. The fraction of sp³-hybridized carbons (Fsp3) is 0.600. The minimum atomic E-state index is 0.389. The molecule has 1 fully saturated rings. The number of nitrogens with one attached hydrogen (secondary N) is 2. The van der Waals surface area contributed by atoms with Crippen molar-refractivity contribution in [3.8, 4) is 0 Å². The van der Waals surface area contributed by atoms with Crippen molar-refractivity contribution in [1.82, 2.24) is 10.6 Å². The Hall–Kier alpha value is -1.06. The summed E-state index contributed by atoms with van der Waals surface area (Å²) in [7, 11) is 0. The highest BCUT2D eigenvalue weighted by molar-refractivity contribution is 5.15. The minimum absolute atomic E-state index is 0.389. The third kappa shape index (κ3) is 7.30. The van der Waals surface area contributed by atoms with Gasteiger partial charge < -0.3 is 15.4 Å². The van der Waals surface area contributed by atoms with Crippen molar-refractivity contribution in [2.24, 2.45) is 0 Å². The molecule has 3 nitrogen and oxygen atoms in total. The highest BCUT2D eigenvalue weighted by Gasteiger charge is 2.11. The van der Waals surface area contributed by atoms with Gasteiger partial charge in [-0.1, -0.05) is 23.8 Å². The van der Waals surface area contributed by atoms with Gasteiger partial charge in [0.2, 0.25) is 0 Å². The molecule has 0 amide bonds. The van der Waals surface area contributed by atoms with E-state index in [2.05, 4.69) is 35.8 Å². The molecule has 1 atom stereocenters. The second-order valence-electron chi connectivity index (χ2n) is 4.56. The maximum Gasteiger partial charge on any atom is 0.0704 e. The quantitative estimate of drug-likeness (QED) is 0.413. The average Bonchev–Trinajstić information content (AvgIpc) is 2.40. The topological polar surface area (TPSA) is 33.3 Å². The zero-order valence-corrected chi connectivity index (χ0v) is 11.6. The summed E-state index contributed by atoms with van der Waals surface area (Å²) in [6, 6.07) is 0. The first kappa shape index (κ1) is 15.0. The smallest absolute Gasteiger partial charge is 0.0704 e. The third-order valence-corrected chi connectivity index (χ3v) is 2.92. The van der Waals surface area contributed by atoms with Gasteiger partial charge in [-0.25, -0.2) is 0 Å². The van der Waals surface area contributed by atoms with E-state index in [4.69, 9.17) is 4.74 Å². The van der Waals surface area contributed by atoms with Crippen molar-refractivity contribution < 1.29 is 4.74 Å². The zero-order chi connectivity index (χ0) is 13.1. The number of ether oxygens (including phenoxy) is 1. The van der Waals surface area contributed by atoms with Gasteiger partial charge in [0.25, 0.3) is 0 Å². The molecule has 3 heteroatoms. The maximum absolute atomic E-state index is 5.79. The molecule has 0 aromatic rings. The lowest BCUT2D eigenvalue weighted by molar-refractivity contribution is 0.0556. The summed E-state index contributed by atoms with van der Waals surface area (Å²) in [6.45, 7) is 7.83. The second-order valence-corrected chi connectivity index (χ2v) is 4.56. The molecular weight excluding hydrogens is 224 g/mol. The normalized spacial score (nSPS) is 21.9. The first-order chi connectivity index (χ1) is 8.83. The Kier molecular flexibility index (Phi) is 8.26. The molecule has 0 saturated carbocycles. The molecule has 1 rings (SSSR count). The molecule has 102 valence electrons. The number of rotatable bonds is 7. The molecule has 1 saturated heterocycles. The van der Waals surface area contributed by atoms with Gasteiger partial charge in [0.1, 0.15) is 0 Å². The van der Waals surface area contributed by atoms with Crippen LogP contribution in [0, 0.1) is 0 Å². The Morgan fingerprint density at radius 2 is 2.39 bits per heavy atom. The van der Waals surface area contributed by atoms with Crippen LogP contribution in [-0.4, -0.2) is 32.3 Å². The van der Waals surface area contributed by atoms with Crippen LogP contribution in [-0.2, 0) is 4.74 Å². The zero-order valence-electron chi connectivity index (χ0n) is 11.6. The average molecular weight is 250 g/mol. The van der Waals surface area contributed by atoms with Crippen molar-refractivity contribution in [2.45, 2.75) is 32.8 Å². The van der Waals surface area contributed by atoms with Gasteiger partial charge in [-0.15, -0.1) is 0 Å². The molecule has 18 heavy (non-hydrogen) atoms. The van der Waals surface area contributed by atoms with E-state index in [0.29, 0.717) is 12.7 Å². The molecule has 0 bridgehead atoms. The van der Waals surface area contributed by atoms with Crippen LogP contribution < -0.4 is 10.6 Å². The molecule has 2 N–H and O–H groups in total. The van der Waals surface area contributed by atoms with Crippen LogP contribution in [0.25, 0.3) is 0 Å². The fourth-order valence-corrected chi connectivity index (χ4v) is 1.79. The Morgan fingerprint density at radius 1 is 1.50 bits per heavy atom. The summed E-state index contributed by atoms with van der Waals surface area (Å²) < 4.78 is 5.79. The van der Waals surface area contributed by atoms with E-state index in [1.54, 1.807) is 0 Å². The molecule has 0 spiro atoms. The summed E-state index contributed by atoms with van der Waals surface area (Å²) in [4.78, 5) is 0. The van der Waals surface area contributed by atoms with Gasteiger partial charge in [-0.2, -0.15) is 0 Å². The largest absolute Gasteiger partial charge is 0.387 e. The fourth-order valence-electron chi connectivity index (χ4n) is 1.79. The number of hydrogen-bond acceptors (Lipinski definition) is 3. The highest BCUT2D eigenvalue weighted by atomic mass is 16.5. The van der Waals surface area contributed by atoms with E-state index in [9.17, 15) is 0 Å². The monoisotopic (exact) mass is 250 g/mol. The van der Waals surface area contributed by atoms with Crippen LogP contribution in [0.1, 0.15) is 26.7 Å². The Labute approximate surface area is 111 Å². The highest BCUT2D eigenvalue weighted by Crippen LogP contribution is 2.06.